The van der Waals surface area contributed by atoms with Crippen LogP contribution in [0.1, 0.15) is 29.7 Å². The molecule has 2 unspecified atom stereocenters. The van der Waals surface area contributed by atoms with Crippen molar-refractivity contribution in [2.75, 3.05) is 0 Å². The Kier molecular flexibility index (Phi) is 3.36. The maximum absolute atomic E-state index is 13.9. The minimum atomic E-state index is -0.500. The smallest absolute Gasteiger partial charge is 0.131 e. The Morgan fingerprint density at radius 3 is 2.65 bits per heavy atom. The summed E-state index contributed by atoms with van der Waals surface area (Å²) in [6.07, 6.45) is -0.116. The minimum absolute atomic E-state index is 0.328. The molecule has 0 saturated carbocycles. The Balaban J connectivity index is 1.97. The molecular formula is C15H12ClF2NO. The number of nitrogens with two attached hydrogens (primary N) is 1. The zero-order chi connectivity index (χ0) is 14.3. The Bertz CT molecular complexity index is 662. The maximum atomic E-state index is 13.9. The van der Waals surface area contributed by atoms with Gasteiger partial charge in [-0.2, -0.15) is 0 Å². The van der Waals surface area contributed by atoms with Gasteiger partial charge in [0, 0.05) is 28.6 Å². The first-order valence-corrected chi connectivity index (χ1v) is 6.59. The summed E-state index contributed by atoms with van der Waals surface area (Å²) in [5, 5.41) is 0.328. The van der Waals surface area contributed by atoms with Gasteiger partial charge in [0.25, 0.3) is 0 Å². The molecule has 0 amide bonds. The first-order chi connectivity index (χ1) is 9.54. The van der Waals surface area contributed by atoms with Crippen LogP contribution in [0.3, 0.4) is 0 Å². The van der Waals surface area contributed by atoms with E-state index in [1.165, 1.54) is 24.3 Å². The van der Waals surface area contributed by atoms with E-state index in [1.54, 1.807) is 12.1 Å². The van der Waals surface area contributed by atoms with Gasteiger partial charge in [0.2, 0.25) is 0 Å². The molecule has 2 atom stereocenters. The van der Waals surface area contributed by atoms with Crippen LogP contribution in [0.2, 0.25) is 5.02 Å². The van der Waals surface area contributed by atoms with Gasteiger partial charge >= 0.3 is 0 Å². The number of ether oxygens (including phenoxy) is 1. The summed E-state index contributed by atoms with van der Waals surface area (Å²) in [5.74, 6) is -0.302. The lowest BCUT2D eigenvalue weighted by Crippen LogP contribution is -2.24. The largest absolute Gasteiger partial charge is 0.485 e. The van der Waals surface area contributed by atoms with E-state index in [2.05, 4.69) is 0 Å². The predicted octanol–water partition coefficient (Wildman–Crippen LogP) is 4.14. The van der Waals surface area contributed by atoms with Crippen molar-refractivity contribution in [3.63, 3.8) is 0 Å². The van der Waals surface area contributed by atoms with Crippen LogP contribution in [0.15, 0.2) is 36.4 Å². The molecular weight excluding hydrogens is 284 g/mol. The molecule has 0 aromatic heterocycles. The third kappa shape index (κ3) is 2.37. The lowest BCUT2D eigenvalue weighted by molar-refractivity contribution is 0.157. The number of fused-ring (bicyclic) bond motifs is 1. The summed E-state index contributed by atoms with van der Waals surface area (Å²) < 4.78 is 32.9. The number of rotatable bonds is 1. The molecule has 3 rings (SSSR count). The SMILES string of the molecule is NC1CC(c2ccc(Cl)cc2F)Oc2ccc(F)cc21. The summed E-state index contributed by atoms with van der Waals surface area (Å²) in [4.78, 5) is 0. The molecule has 2 N–H and O–H groups in total. The molecule has 2 nitrogen and oxygen atoms in total. The summed E-state index contributed by atoms with van der Waals surface area (Å²) in [5.41, 5.74) is 7.04. The second-order valence-electron chi connectivity index (χ2n) is 4.80. The summed E-state index contributed by atoms with van der Waals surface area (Å²) in [7, 11) is 0. The third-order valence-electron chi connectivity index (χ3n) is 3.42. The third-order valence-corrected chi connectivity index (χ3v) is 3.65. The molecule has 1 aliphatic rings. The van der Waals surface area contributed by atoms with Gasteiger partial charge in [-0.25, -0.2) is 8.78 Å². The molecule has 0 aliphatic carbocycles. The van der Waals surface area contributed by atoms with Crippen molar-refractivity contribution < 1.29 is 13.5 Å². The van der Waals surface area contributed by atoms with Gasteiger partial charge in [-0.3, -0.25) is 0 Å². The number of hydrogen-bond donors (Lipinski definition) is 1. The van der Waals surface area contributed by atoms with Crippen LogP contribution in [0.25, 0.3) is 0 Å². The molecule has 104 valence electrons. The van der Waals surface area contributed by atoms with Crippen molar-refractivity contribution in [3.8, 4) is 5.75 Å². The van der Waals surface area contributed by atoms with Crippen LogP contribution < -0.4 is 10.5 Å². The first-order valence-electron chi connectivity index (χ1n) is 6.21. The van der Waals surface area contributed by atoms with Crippen molar-refractivity contribution in [2.24, 2.45) is 5.73 Å². The van der Waals surface area contributed by atoms with Gasteiger partial charge in [0.1, 0.15) is 23.5 Å². The Hall–Kier alpha value is -1.65. The van der Waals surface area contributed by atoms with Crippen molar-refractivity contribution >= 4 is 11.6 Å². The highest BCUT2D eigenvalue weighted by molar-refractivity contribution is 6.30. The van der Waals surface area contributed by atoms with E-state index >= 15 is 0 Å². The molecule has 5 heteroatoms. The topological polar surface area (TPSA) is 35.2 Å². The maximum Gasteiger partial charge on any atom is 0.131 e. The zero-order valence-corrected chi connectivity index (χ0v) is 11.2. The van der Waals surface area contributed by atoms with Gasteiger partial charge in [-0.1, -0.05) is 17.7 Å². The monoisotopic (exact) mass is 295 g/mol. The number of halogens is 3. The average Bonchev–Trinajstić information content (AvgIpc) is 2.39. The van der Waals surface area contributed by atoms with E-state index in [1.807, 2.05) is 0 Å². The molecule has 2 aromatic carbocycles. The van der Waals surface area contributed by atoms with E-state index in [9.17, 15) is 8.78 Å². The highest BCUT2D eigenvalue weighted by Gasteiger charge is 2.29. The Morgan fingerprint density at radius 1 is 1.10 bits per heavy atom. The van der Waals surface area contributed by atoms with Gasteiger partial charge in [0.15, 0.2) is 0 Å². The quantitative estimate of drug-likeness (QED) is 0.858. The lowest BCUT2D eigenvalue weighted by atomic mass is 9.93. The van der Waals surface area contributed by atoms with E-state index in [-0.39, 0.29) is 5.82 Å². The van der Waals surface area contributed by atoms with E-state index in [4.69, 9.17) is 22.1 Å². The van der Waals surface area contributed by atoms with Crippen molar-refractivity contribution in [2.45, 2.75) is 18.6 Å². The van der Waals surface area contributed by atoms with Crippen molar-refractivity contribution in [3.05, 3.63) is 64.2 Å². The second-order valence-corrected chi connectivity index (χ2v) is 5.23. The van der Waals surface area contributed by atoms with Crippen molar-refractivity contribution in [1.82, 2.24) is 0 Å². The van der Waals surface area contributed by atoms with Crippen LogP contribution in [-0.2, 0) is 0 Å². The number of benzene rings is 2. The normalized spacial score (nSPS) is 21.2. The average molecular weight is 296 g/mol. The van der Waals surface area contributed by atoms with E-state index < -0.39 is 18.0 Å². The van der Waals surface area contributed by atoms with Gasteiger partial charge in [0.05, 0.1) is 0 Å². The highest BCUT2D eigenvalue weighted by Crippen LogP contribution is 2.40. The van der Waals surface area contributed by atoms with E-state index in [0.29, 0.717) is 28.3 Å². The van der Waals surface area contributed by atoms with Gasteiger partial charge in [-0.05, 0) is 30.3 Å². The van der Waals surface area contributed by atoms with Gasteiger partial charge in [-0.15, -0.1) is 0 Å². The van der Waals surface area contributed by atoms with Crippen LogP contribution in [0.4, 0.5) is 8.78 Å². The fraction of sp³-hybridized carbons (Fsp3) is 0.200. The zero-order valence-electron chi connectivity index (χ0n) is 10.4. The van der Waals surface area contributed by atoms with Gasteiger partial charge < -0.3 is 10.5 Å². The Morgan fingerprint density at radius 2 is 1.90 bits per heavy atom. The molecule has 0 radical (unpaired) electrons. The fourth-order valence-electron chi connectivity index (χ4n) is 2.43. The first kappa shape index (κ1) is 13.3. The van der Waals surface area contributed by atoms with Crippen molar-refractivity contribution in [1.29, 1.82) is 0 Å². The molecule has 1 heterocycles. The molecule has 0 bridgehead atoms. The van der Waals surface area contributed by atoms with Crippen LogP contribution >= 0.6 is 11.6 Å². The number of hydrogen-bond acceptors (Lipinski definition) is 2. The second kappa shape index (κ2) is 5.04. The minimum Gasteiger partial charge on any atom is -0.485 e. The molecule has 2 aromatic rings. The molecule has 0 spiro atoms. The lowest BCUT2D eigenvalue weighted by Gasteiger charge is -2.30. The summed E-state index contributed by atoms with van der Waals surface area (Å²) in [6.45, 7) is 0. The van der Waals surface area contributed by atoms with Crippen LogP contribution in [0.5, 0.6) is 5.75 Å². The molecule has 20 heavy (non-hydrogen) atoms. The summed E-state index contributed by atoms with van der Waals surface area (Å²) >= 11 is 5.74. The molecule has 0 saturated heterocycles. The van der Waals surface area contributed by atoms with Crippen LogP contribution in [0, 0.1) is 11.6 Å². The molecule has 1 aliphatic heterocycles. The highest BCUT2D eigenvalue weighted by atomic mass is 35.5. The molecule has 0 fully saturated rings. The Labute approximate surface area is 120 Å². The summed E-state index contributed by atoms with van der Waals surface area (Å²) in [6, 6.07) is 8.21. The standard InChI is InChI=1S/C15H12ClF2NO/c16-8-1-3-10(12(18)5-8)15-7-13(19)11-6-9(17)2-4-14(11)20-15/h1-6,13,15H,7,19H2. The predicted molar refractivity (Wildman–Crippen MR) is 72.7 cm³/mol. The van der Waals surface area contributed by atoms with E-state index in [0.717, 1.165) is 0 Å². The fourth-order valence-corrected chi connectivity index (χ4v) is 2.59. The van der Waals surface area contributed by atoms with Crippen LogP contribution in [-0.4, -0.2) is 0 Å².